The van der Waals surface area contributed by atoms with Crippen LogP contribution in [0.25, 0.3) is 0 Å². The summed E-state index contributed by atoms with van der Waals surface area (Å²) in [6.07, 6.45) is 10.2. The van der Waals surface area contributed by atoms with Gasteiger partial charge in [0, 0.05) is 36.6 Å². The number of benzene rings is 1. The van der Waals surface area contributed by atoms with Crippen LogP contribution in [0.4, 0.5) is 5.69 Å². The van der Waals surface area contributed by atoms with Gasteiger partial charge in [-0.2, -0.15) is 0 Å². The Labute approximate surface area is 247 Å². The van der Waals surface area contributed by atoms with E-state index in [1.165, 1.54) is 6.42 Å². The highest BCUT2D eigenvalue weighted by Crippen LogP contribution is 2.66. The van der Waals surface area contributed by atoms with Crippen molar-refractivity contribution in [2.75, 3.05) is 37.7 Å². The van der Waals surface area contributed by atoms with Crippen LogP contribution < -0.4 is 9.64 Å². The summed E-state index contributed by atoms with van der Waals surface area (Å²) < 4.78 is 4.90. The van der Waals surface area contributed by atoms with Gasteiger partial charge in [0.15, 0.2) is 0 Å². The molecule has 1 saturated carbocycles. The summed E-state index contributed by atoms with van der Waals surface area (Å²) in [5, 5.41) is 9.93. The molecule has 3 saturated heterocycles. The molecule has 1 aromatic carbocycles. The van der Waals surface area contributed by atoms with Crippen molar-refractivity contribution in [3.63, 3.8) is 0 Å². The van der Waals surface area contributed by atoms with E-state index in [4.69, 9.17) is 4.74 Å². The van der Waals surface area contributed by atoms with Crippen LogP contribution in [0.3, 0.4) is 0 Å². The number of rotatable bonds is 12. The van der Waals surface area contributed by atoms with E-state index in [9.17, 15) is 19.5 Å². The summed E-state index contributed by atoms with van der Waals surface area (Å²) in [4.78, 5) is 48.2. The Balaban J connectivity index is 1.48. The van der Waals surface area contributed by atoms with E-state index < -0.39 is 22.6 Å². The maximum Gasteiger partial charge on any atom is 0.247 e. The molecule has 3 amide bonds. The summed E-state index contributed by atoms with van der Waals surface area (Å²) in [5.74, 6) is -0.778. The Hall–Kier alpha value is -2.78. The zero-order valence-corrected chi connectivity index (χ0v) is 24.9. The van der Waals surface area contributed by atoms with Gasteiger partial charge in [0.2, 0.25) is 17.7 Å². The van der Waals surface area contributed by atoms with E-state index in [2.05, 4.69) is 13.2 Å². The predicted octanol–water partition coefficient (Wildman–Crippen LogP) is 4.04. The van der Waals surface area contributed by atoms with Crippen LogP contribution in [0.2, 0.25) is 0 Å². The topological polar surface area (TPSA) is 90.4 Å². The molecule has 3 aliphatic heterocycles. The fourth-order valence-electron chi connectivity index (χ4n) is 7.69. The van der Waals surface area contributed by atoms with Crippen LogP contribution in [0.15, 0.2) is 49.6 Å². The highest BCUT2D eigenvalue weighted by Gasteiger charge is 2.74. The largest absolute Gasteiger partial charge is 0.494 e. The van der Waals surface area contributed by atoms with Gasteiger partial charge < -0.3 is 24.5 Å². The number of carbonyl (C=O) groups is 3. The fourth-order valence-corrected chi connectivity index (χ4v) is 9.90. The zero-order valence-electron chi connectivity index (χ0n) is 24.1. The first-order valence-corrected chi connectivity index (χ1v) is 16.0. The number of aliphatic hydroxyl groups is 1. The smallest absolute Gasteiger partial charge is 0.247 e. The Kier molecular flexibility index (Phi) is 9.14. The van der Waals surface area contributed by atoms with Gasteiger partial charge in [0.05, 0.1) is 29.8 Å². The van der Waals surface area contributed by atoms with Crippen molar-refractivity contribution in [1.29, 1.82) is 0 Å². The average Bonchev–Trinajstić information content (AvgIpc) is 3.63. The van der Waals surface area contributed by atoms with E-state index in [0.717, 1.165) is 43.5 Å². The molecule has 3 heterocycles. The maximum atomic E-state index is 14.5. The first kappa shape index (κ1) is 29.7. The van der Waals surface area contributed by atoms with Gasteiger partial charge in [-0.3, -0.25) is 14.4 Å². The number of amides is 3. The minimum atomic E-state index is -0.694. The summed E-state index contributed by atoms with van der Waals surface area (Å²) in [5.41, 5.74) is 0.722. The van der Waals surface area contributed by atoms with E-state index in [1.807, 2.05) is 36.1 Å². The van der Waals surface area contributed by atoms with Crippen LogP contribution in [-0.4, -0.2) is 87.6 Å². The third kappa shape index (κ3) is 5.20. The van der Waals surface area contributed by atoms with Crippen molar-refractivity contribution in [3.05, 3.63) is 49.6 Å². The number of ether oxygens (including phenoxy) is 1. The first-order valence-electron chi connectivity index (χ1n) is 15.1. The molecule has 41 heavy (non-hydrogen) atoms. The van der Waals surface area contributed by atoms with Crippen molar-refractivity contribution in [1.82, 2.24) is 9.80 Å². The van der Waals surface area contributed by atoms with E-state index in [-0.39, 0.29) is 42.2 Å². The van der Waals surface area contributed by atoms with Crippen molar-refractivity contribution >= 4 is 35.2 Å². The summed E-state index contributed by atoms with van der Waals surface area (Å²) in [6.45, 7) is 10.9. The second-order valence-corrected chi connectivity index (χ2v) is 13.1. The summed E-state index contributed by atoms with van der Waals surface area (Å²) >= 11 is 1.67. The van der Waals surface area contributed by atoms with Crippen molar-refractivity contribution in [2.45, 2.75) is 74.0 Å². The number of anilines is 1. The molecule has 5 atom stereocenters. The van der Waals surface area contributed by atoms with Gasteiger partial charge in [-0.1, -0.05) is 31.4 Å². The Morgan fingerprint density at radius 3 is 2.44 bits per heavy atom. The van der Waals surface area contributed by atoms with Gasteiger partial charge in [-0.25, -0.2) is 0 Å². The first-order chi connectivity index (χ1) is 19.9. The molecule has 2 bridgehead atoms. The van der Waals surface area contributed by atoms with Gasteiger partial charge >= 0.3 is 0 Å². The second kappa shape index (κ2) is 12.6. The Morgan fingerprint density at radius 1 is 1.10 bits per heavy atom. The second-order valence-electron chi connectivity index (χ2n) is 11.5. The molecule has 9 heteroatoms. The number of hydrogen-bond donors (Lipinski definition) is 1. The summed E-state index contributed by atoms with van der Waals surface area (Å²) in [6, 6.07) is 6.84. The number of β-amino-alcohol motifs (C(OH)–C–C–N with tert-alkyl or cyclic N) is 1. The normalized spacial score (nSPS) is 28.8. The highest BCUT2D eigenvalue weighted by molar-refractivity contribution is 8.02. The minimum Gasteiger partial charge on any atom is -0.494 e. The molecule has 1 spiro atoms. The predicted molar refractivity (Wildman–Crippen MR) is 162 cm³/mol. The molecule has 1 N–H and O–H groups in total. The zero-order chi connectivity index (χ0) is 29.1. The average molecular weight is 582 g/mol. The Bertz CT molecular complexity index is 1150. The van der Waals surface area contributed by atoms with Gasteiger partial charge in [0.25, 0.3) is 0 Å². The minimum absolute atomic E-state index is 0.0411. The number of thioether (sulfide) groups is 1. The molecule has 4 fully saturated rings. The van der Waals surface area contributed by atoms with Gasteiger partial charge in [-0.15, -0.1) is 24.9 Å². The monoisotopic (exact) mass is 581 g/mol. The highest BCUT2D eigenvalue weighted by atomic mass is 32.2. The number of nitrogens with zero attached hydrogens (tertiary/aromatic N) is 3. The molecular weight excluding hydrogens is 538 g/mol. The van der Waals surface area contributed by atoms with E-state index >= 15 is 0 Å². The van der Waals surface area contributed by atoms with Crippen molar-refractivity contribution < 1.29 is 24.2 Å². The number of likely N-dealkylation sites (tertiary alicyclic amines) is 1. The quantitative estimate of drug-likeness (QED) is 0.375. The molecule has 0 radical (unpaired) electrons. The lowest BCUT2D eigenvalue weighted by atomic mass is 9.70. The standard InChI is InChI=1S/C32H43N3O5S/c1-4-18-33(23-12-14-24(15-13-23)40-6-3)29(37)26-25-16-17-32(41-25)27(26)30(38)35(20-21-36)28(32)31(39)34(19-5-2)22-10-8-7-9-11-22/h4-5,12-15,22,25-28,36H,1-2,6-11,16-21H2,3H3/t25-,26+,27-,28?,32?/m0/s1. The molecule has 2 unspecified atom stereocenters. The lowest BCUT2D eigenvalue weighted by Gasteiger charge is -2.41. The maximum absolute atomic E-state index is 14.5. The molecule has 1 aliphatic carbocycles. The number of aliphatic hydroxyl groups excluding tert-OH is 1. The molecule has 8 nitrogen and oxygen atoms in total. The van der Waals surface area contributed by atoms with Gasteiger partial charge in [-0.05, 0) is 56.9 Å². The lowest BCUT2D eigenvalue weighted by Crippen LogP contribution is -2.57. The molecule has 1 aromatic rings. The summed E-state index contributed by atoms with van der Waals surface area (Å²) in [7, 11) is 0. The van der Waals surface area contributed by atoms with Crippen molar-refractivity contribution in [3.8, 4) is 5.75 Å². The van der Waals surface area contributed by atoms with Crippen LogP contribution in [0.5, 0.6) is 5.75 Å². The van der Waals surface area contributed by atoms with Crippen molar-refractivity contribution in [2.24, 2.45) is 11.8 Å². The molecule has 222 valence electrons. The third-order valence-corrected chi connectivity index (χ3v) is 11.3. The molecular formula is C32H43N3O5S. The Morgan fingerprint density at radius 2 is 1.80 bits per heavy atom. The number of carbonyl (C=O) groups excluding carboxylic acids is 3. The van der Waals surface area contributed by atoms with Crippen LogP contribution >= 0.6 is 11.8 Å². The van der Waals surface area contributed by atoms with Crippen LogP contribution in [-0.2, 0) is 14.4 Å². The number of fused-ring (bicyclic) bond motifs is 1. The van der Waals surface area contributed by atoms with Gasteiger partial charge in [0.1, 0.15) is 11.8 Å². The van der Waals surface area contributed by atoms with Crippen LogP contribution in [0.1, 0.15) is 51.9 Å². The third-order valence-electron chi connectivity index (χ3n) is 9.32. The molecule has 5 rings (SSSR count). The van der Waals surface area contributed by atoms with E-state index in [0.29, 0.717) is 26.1 Å². The lowest BCUT2D eigenvalue weighted by molar-refractivity contribution is -0.144. The van der Waals surface area contributed by atoms with Crippen LogP contribution in [0, 0.1) is 11.8 Å². The SMILES string of the molecule is C=CCN(C(=O)[C@@H]1[C@@H]2CCC3(S2)C(C(=O)N(CC=C)C2CCCCC2)N(CCO)C(=O)[C@H]13)c1ccc(OCC)cc1. The molecule has 0 aromatic heterocycles. The molecule has 4 aliphatic rings. The van der Waals surface area contributed by atoms with E-state index in [1.54, 1.807) is 33.7 Å². The number of hydrogen-bond acceptors (Lipinski definition) is 6. The fraction of sp³-hybridized carbons (Fsp3) is 0.594.